The van der Waals surface area contributed by atoms with Gasteiger partial charge < -0.3 is 14.3 Å². The molecule has 0 spiro atoms. The zero-order chi connectivity index (χ0) is 28.1. The molecule has 0 fully saturated rings. The van der Waals surface area contributed by atoms with E-state index in [1.165, 1.54) is 102 Å². The van der Waals surface area contributed by atoms with Crippen molar-refractivity contribution in [2.75, 3.05) is 6.61 Å². The molecule has 6 heteroatoms. The molecule has 1 aromatic heterocycles. The topological polar surface area (TPSA) is 89.1 Å². The van der Waals surface area contributed by atoms with E-state index in [0.717, 1.165) is 12.8 Å². The van der Waals surface area contributed by atoms with E-state index in [9.17, 15) is 14.7 Å². The summed E-state index contributed by atoms with van der Waals surface area (Å²) in [5, 5.41) is 10.0. The van der Waals surface area contributed by atoms with Gasteiger partial charge >= 0.3 is 11.6 Å². The van der Waals surface area contributed by atoms with Crippen molar-refractivity contribution in [3.8, 4) is 5.75 Å². The van der Waals surface area contributed by atoms with Crippen LogP contribution in [0.1, 0.15) is 138 Å². The third-order valence-corrected chi connectivity index (χ3v) is 7.04. The van der Waals surface area contributed by atoms with Gasteiger partial charge in [0.2, 0.25) is 0 Å². The van der Waals surface area contributed by atoms with Crippen LogP contribution in [0.5, 0.6) is 5.75 Å². The molecule has 6 nitrogen and oxygen atoms in total. The molecule has 0 bridgehead atoms. The molecule has 0 saturated carbocycles. The zero-order valence-electron chi connectivity index (χ0n) is 24.2. The van der Waals surface area contributed by atoms with Gasteiger partial charge in [-0.3, -0.25) is 4.99 Å². The van der Waals surface area contributed by atoms with E-state index in [0.29, 0.717) is 30.0 Å². The molecule has 0 amide bonds. The molecule has 39 heavy (non-hydrogen) atoms. The van der Waals surface area contributed by atoms with Gasteiger partial charge in [-0.15, -0.1) is 0 Å². The lowest BCUT2D eigenvalue weighted by molar-refractivity contribution is 0.0497. The normalized spacial score (nSPS) is 11.3. The highest BCUT2D eigenvalue weighted by atomic mass is 16.5. The summed E-state index contributed by atoms with van der Waals surface area (Å²) in [7, 11) is 0. The van der Waals surface area contributed by atoms with Gasteiger partial charge in [-0.1, -0.05) is 110 Å². The smallest absolute Gasteiger partial charge is 0.348 e. The number of unbranched alkanes of at least 4 members (excludes halogenated alkanes) is 15. The Morgan fingerprint density at radius 2 is 1.33 bits per heavy atom. The molecule has 216 valence electrons. The quantitative estimate of drug-likeness (QED) is 0.0970. The lowest BCUT2D eigenvalue weighted by atomic mass is 10.0. The standard InChI is InChI=1S/C33H49NO5/c1-3-5-6-7-8-9-10-11-12-13-14-15-16-17-18-19-24-38-32(36)27-20-22-28(23-21-27)34-26-30-31(35)25-29(4-2)39-33(30)37/h20-23,25-26,35H,3-19,24H2,1-2H3. The van der Waals surface area contributed by atoms with Crippen LogP contribution >= 0.6 is 0 Å². The average Bonchev–Trinajstić information content (AvgIpc) is 2.94. The second-order valence-electron chi connectivity index (χ2n) is 10.4. The second-order valence-corrected chi connectivity index (χ2v) is 10.4. The maximum absolute atomic E-state index is 12.3. The molecule has 0 unspecified atom stereocenters. The van der Waals surface area contributed by atoms with Gasteiger partial charge in [0.1, 0.15) is 17.1 Å². The molecule has 0 radical (unpaired) electrons. The van der Waals surface area contributed by atoms with E-state index in [-0.39, 0.29) is 17.3 Å². The Morgan fingerprint density at radius 3 is 1.82 bits per heavy atom. The van der Waals surface area contributed by atoms with Crippen molar-refractivity contribution in [3.05, 3.63) is 57.6 Å². The van der Waals surface area contributed by atoms with Crippen molar-refractivity contribution in [2.24, 2.45) is 4.99 Å². The molecule has 2 aromatic rings. The van der Waals surface area contributed by atoms with Gasteiger partial charge in [-0.05, 0) is 30.7 Å². The Labute approximate surface area is 234 Å². The monoisotopic (exact) mass is 539 g/mol. The number of aromatic hydroxyl groups is 1. The van der Waals surface area contributed by atoms with Crippen molar-refractivity contribution < 1.29 is 19.1 Å². The van der Waals surface area contributed by atoms with Crippen LogP contribution in [0.3, 0.4) is 0 Å². The first-order chi connectivity index (χ1) is 19.0. The molecule has 0 atom stereocenters. The summed E-state index contributed by atoms with van der Waals surface area (Å²) in [6, 6.07) is 8.04. The summed E-state index contributed by atoms with van der Waals surface area (Å²) >= 11 is 0. The maximum atomic E-state index is 12.3. The van der Waals surface area contributed by atoms with Crippen LogP contribution in [0.2, 0.25) is 0 Å². The second kappa shape index (κ2) is 20.1. The summed E-state index contributed by atoms with van der Waals surface area (Å²) in [6.45, 7) is 4.53. The molecule has 0 saturated heterocycles. The van der Waals surface area contributed by atoms with Gasteiger partial charge in [-0.2, -0.15) is 0 Å². The number of aryl methyl sites for hydroxylation is 1. The lowest BCUT2D eigenvalue weighted by Gasteiger charge is -2.06. The predicted molar refractivity (Wildman–Crippen MR) is 160 cm³/mol. The Kier molecular flexibility index (Phi) is 16.6. The highest BCUT2D eigenvalue weighted by Gasteiger charge is 2.09. The SMILES string of the molecule is CCCCCCCCCCCCCCCCCCOC(=O)c1ccc(N=Cc2c(O)cc(CC)oc2=O)cc1. The first-order valence-electron chi connectivity index (χ1n) is 15.2. The molecule has 0 aliphatic carbocycles. The molecule has 0 aliphatic rings. The highest BCUT2D eigenvalue weighted by molar-refractivity contribution is 5.90. The van der Waals surface area contributed by atoms with Crippen molar-refractivity contribution in [1.29, 1.82) is 0 Å². The Hall–Kier alpha value is -2.89. The number of esters is 1. The largest absolute Gasteiger partial charge is 0.507 e. The van der Waals surface area contributed by atoms with E-state index in [4.69, 9.17) is 9.15 Å². The van der Waals surface area contributed by atoms with E-state index in [1.54, 1.807) is 24.3 Å². The minimum absolute atomic E-state index is 0.00510. The van der Waals surface area contributed by atoms with Gasteiger partial charge in [-0.25, -0.2) is 9.59 Å². The number of carbonyl (C=O) groups excluding carboxylic acids is 1. The molecular formula is C33H49NO5. The van der Waals surface area contributed by atoms with E-state index < -0.39 is 5.63 Å². The van der Waals surface area contributed by atoms with E-state index >= 15 is 0 Å². The molecule has 1 heterocycles. The van der Waals surface area contributed by atoms with Crippen LogP contribution in [-0.2, 0) is 11.2 Å². The number of hydrogen-bond acceptors (Lipinski definition) is 6. The third-order valence-electron chi connectivity index (χ3n) is 7.04. The Balaban J connectivity index is 1.51. The fourth-order valence-electron chi connectivity index (χ4n) is 4.55. The van der Waals surface area contributed by atoms with Crippen LogP contribution in [-0.4, -0.2) is 23.9 Å². The summed E-state index contributed by atoms with van der Waals surface area (Å²) < 4.78 is 10.5. The lowest BCUT2D eigenvalue weighted by Crippen LogP contribution is -2.08. The van der Waals surface area contributed by atoms with Crippen molar-refractivity contribution >= 4 is 17.9 Å². The summed E-state index contributed by atoms with van der Waals surface area (Å²) in [5.41, 5.74) is 0.363. The zero-order valence-corrected chi connectivity index (χ0v) is 24.2. The van der Waals surface area contributed by atoms with Crippen molar-refractivity contribution in [1.82, 2.24) is 0 Å². The fraction of sp³-hybridized carbons (Fsp3) is 0.606. The van der Waals surface area contributed by atoms with Crippen LogP contribution in [0, 0.1) is 0 Å². The Morgan fingerprint density at radius 1 is 0.821 bits per heavy atom. The number of rotatable bonds is 21. The number of benzene rings is 1. The third kappa shape index (κ3) is 13.6. The number of carbonyl (C=O) groups is 1. The minimum Gasteiger partial charge on any atom is -0.507 e. The van der Waals surface area contributed by atoms with Gasteiger partial charge in [0.25, 0.3) is 0 Å². The summed E-state index contributed by atoms with van der Waals surface area (Å²) in [4.78, 5) is 28.5. The highest BCUT2D eigenvalue weighted by Crippen LogP contribution is 2.18. The van der Waals surface area contributed by atoms with E-state index in [2.05, 4.69) is 11.9 Å². The van der Waals surface area contributed by atoms with Gasteiger partial charge in [0.15, 0.2) is 0 Å². The molecule has 1 N–H and O–H groups in total. The number of nitrogens with zero attached hydrogens (tertiary/aromatic N) is 1. The first-order valence-corrected chi connectivity index (χ1v) is 15.2. The number of hydrogen-bond donors (Lipinski definition) is 1. The number of ether oxygens (including phenoxy) is 1. The van der Waals surface area contributed by atoms with Crippen LogP contribution in [0.15, 0.2) is 44.5 Å². The summed E-state index contributed by atoms with van der Waals surface area (Å²) in [5.74, 6) is -0.0989. The van der Waals surface area contributed by atoms with Crippen LogP contribution in [0.4, 0.5) is 5.69 Å². The fourth-order valence-corrected chi connectivity index (χ4v) is 4.55. The molecule has 1 aromatic carbocycles. The number of aliphatic imine (C=N–C) groups is 1. The molecular weight excluding hydrogens is 490 g/mol. The van der Waals surface area contributed by atoms with Crippen LogP contribution < -0.4 is 5.63 Å². The molecule has 0 aliphatic heterocycles. The average molecular weight is 540 g/mol. The predicted octanol–water partition coefficient (Wildman–Crippen LogP) is 9.08. The van der Waals surface area contributed by atoms with Gasteiger partial charge in [0.05, 0.1) is 17.9 Å². The first kappa shape index (κ1) is 32.3. The minimum atomic E-state index is -0.634. The van der Waals surface area contributed by atoms with E-state index in [1.807, 2.05) is 6.92 Å². The van der Waals surface area contributed by atoms with Crippen molar-refractivity contribution in [2.45, 2.75) is 123 Å². The van der Waals surface area contributed by atoms with Gasteiger partial charge in [0, 0.05) is 18.7 Å². The Bertz CT molecular complexity index is 1030. The van der Waals surface area contributed by atoms with Crippen LogP contribution in [0.25, 0.3) is 0 Å². The maximum Gasteiger partial charge on any atom is 0.348 e. The summed E-state index contributed by atoms with van der Waals surface area (Å²) in [6.07, 6.45) is 22.8. The molecule has 2 rings (SSSR count). The van der Waals surface area contributed by atoms with Crippen molar-refractivity contribution in [3.63, 3.8) is 0 Å².